The fourth-order valence-corrected chi connectivity index (χ4v) is 3.92. The Balaban J connectivity index is 1.81. The summed E-state index contributed by atoms with van der Waals surface area (Å²) in [6.07, 6.45) is 0.241. The molecule has 0 aliphatic heterocycles. The average molecular weight is 419 g/mol. The van der Waals surface area contributed by atoms with E-state index in [4.69, 9.17) is 0 Å². The van der Waals surface area contributed by atoms with Crippen molar-refractivity contribution in [1.82, 2.24) is 9.61 Å². The second-order valence-electron chi connectivity index (χ2n) is 7.78. The van der Waals surface area contributed by atoms with Gasteiger partial charge < -0.3 is 5.11 Å². The quantitative estimate of drug-likeness (QED) is 0.418. The van der Waals surface area contributed by atoms with Crippen molar-refractivity contribution in [3.8, 4) is 22.8 Å². The van der Waals surface area contributed by atoms with Crippen LogP contribution in [-0.4, -0.2) is 9.61 Å². The molecule has 5 rings (SSSR count). The highest BCUT2D eigenvalue weighted by atomic mass is 16.3. The second kappa shape index (κ2) is 8.12. The highest BCUT2D eigenvalue weighted by Crippen LogP contribution is 2.19. The summed E-state index contributed by atoms with van der Waals surface area (Å²) in [4.78, 5) is 13.5. The monoisotopic (exact) mass is 419 g/mol. The molecule has 32 heavy (non-hydrogen) atoms. The molecule has 5 nitrogen and oxygen atoms in total. The molecule has 3 aromatic carbocycles. The maximum atomic E-state index is 13.6. The Morgan fingerprint density at radius 2 is 1.59 bits per heavy atom. The summed E-state index contributed by atoms with van der Waals surface area (Å²) in [6.45, 7) is 1.97. The van der Waals surface area contributed by atoms with E-state index in [0.29, 0.717) is 17.0 Å². The van der Waals surface area contributed by atoms with E-state index in [-0.39, 0.29) is 17.9 Å². The van der Waals surface area contributed by atoms with Gasteiger partial charge in [0.05, 0.1) is 11.4 Å². The van der Waals surface area contributed by atoms with Crippen molar-refractivity contribution in [3.05, 3.63) is 124 Å². The lowest BCUT2D eigenvalue weighted by Gasteiger charge is -2.17. The zero-order valence-electron chi connectivity index (χ0n) is 17.6. The topological polar surface area (TPSA) is 61.3 Å². The first-order valence-corrected chi connectivity index (χ1v) is 10.5. The Hall–Kier alpha value is -4.25. The molecular formula is C27H21N3O2. The molecule has 0 radical (unpaired) electrons. The van der Waals surface area contributed by atoms with E-state index in [9.17, 15) is 9.90 Å². The van der Waals surface area contributed by atoms with Gasteiger partial charge in [0.15, 0.2) is 0 Å². The molecule has 0 saturated heterocycles. The molecule has 0 saturated carbocycles. The lowest BCUT2D eigenvalue weighted by Crippen LogP contribution is -2.43. The number of rotatable bonds is 4. The summed E-state index contributed by atoms with van der Waals surface area (Å²) in [5, 5.41) is 18.2. The van der Waals surface area contributed by atoms with Crippen LogP contribution in [0.2, 0.25) is 0 Å². The minimum Gasteiger partial charge on any atom is -0.842 e. The Kier molecular flexibility index (Phi) is 5.00. The van der Waals surface area contributed by atoms with E-state index in [1.165, 1.54) is 4.52 Å². The molecular weight excluding hydrogens is 398 g/mol. The first-order valence-electron chi connectivity index (χ1n) is 10.5. The van der Waals surface area contributed by atoms with Gasteiger partial charge in [0.25, 0.3) is 0 Å². The number of hydrogen-bond donors (Lipinski definition) is 0. The SMILES string of the molecule is Cc1cccc(-[n+]2c([O-])c(Cc3ccccc3)c(=O)n3nc(-c4ccccc4)ccc32)c1. The number of benzene rings is 3. The van der Waals surface area contributed by atoms with Crippen LogP contribution < -0.4 is 15.2 Å². The van der Waals surface area contributed by atoms with Gasteiger partial charge in [-0.1, -0.05) is 82.4 Å². The van der Waals surface area contributed by atoms with Crippen LogP contribution in [0, 0.1) is 6.92 Å². The number of aryl methyl sites for hydroxylation is 1. The molecule has 156 valence electrons. The van der Waals surface area contributed by atoms with E-state index in [1.807, 2.05) is 97.9 Å². The summed E-state index contributed by atoms with van der Waals surface area (Å²) >= 11 is 0. The van der Waals surface area contributed by atoms with Gasteiger partial charge in [0.1, 0.15) is 11.4 Å². The molecule has 0 amide bonds. The van der Waals surface area contributed by atoms with E-state index in [1.54, 1.807) is 10.6 Å². The highest BCUT2D eigenvalue weighted by molar-refractivity contribution is 5.59. The molecule has 0 aliphatic rings. The third kappa shape index (κ3) is 3.54. The Labute approximate surface area is 185 Å². The van der Waals surface area contributed by atoms with E-state index in [0.717, 1.165) is 16.7 Å². The van der Waals surface area contributed by atoms with Gasteiger partial charge in [-0.15, -0.1) is 0 Å². The number of nitrogens with zero attached hydrogens (tertiary/aromatic N) is 3. The van der Waals surface area contributed by atoms with Crippen molar-refractivity contribution in [2.75, 3.05) is 0 Å². The molecule has 2 aromatic heterocycles. The van der Waals surface area contributed by atoms with Gasteiger partial charge in [-0.3, -0.25) is 0 Å². The van der Waals surface area contributed by atoms with Crippen LogP contribution in [0.5, 0.6) is 5.88 Å². The van der Waals surface area contributed by atoms with Crippen molar-refractivity contribution < 1.29 is 9.67 Å². The molecule has 0 bridgehead atoms. The van der Waals surface area contributed by atoms with Gasteiger partial charge in [0, 0.05) is 18.1 Å². The zero-order chi connectivity index (χ0) is 22.1. The van der Waals surface area contributed by atoms with Crippen molar-refractivity contribution in [2.45, 2.75) is 13.3 Å². The van der Waals surface area contributed by atoms with Crippen molar-refractivity contribution in [2.24, 2.45) is 0 Å². The first-order chi connectivity index (χ1) is 15.6. The van der Waals surface area contributed by atoms with E-state index in [2.05, 4.69) is 5.10 Å². The van der Waals surface area contributed by atoms with Crippen molar-refractivity contribution in [1.29, 1.82) is 0 Å². The van der Waals surface area contributed by atoms with Crippen LogP contribution in [0.3, 0.4) is 0 Å². The summed E-state index contributed by atoms with van der Waals surface area (Å²) in [5.41, 5.74) is 4.43. The van der Waals surface area contributed by atoms with Crippen LogP contribution in [0.1, 0.15) is 16.7 Å². The summed E-state index contributed by atoms with van der Waals surface area (Å²) in [6, 6.07) is 30.5. The number of hydrogen-bond acceptors (Lipinski definition) is 3. The molecule has 5 aromatic rings. The summed E-state index contributed by atoms with van der Waals surface area (Å²) in [5.74, 6) is -0.321. The fraction of sp³-hybridized carbons (Fsp3) is 0.0741. The van der Waals surface area contributed by atoms with Gasteiger partial charge >= 0.3 is 11.2 Å². The molecule has 0 fully saturated rings. The Morgan fingerprint density at radius 3 is 2.31 bits per heavy atom. The van der Waals surface area contributed by atoms with Crippen LogP contribution in [0.4, 0.5) is 0 Å². The Bertz CT molecular complexity index is 1480. The molecule has 0 aliphatic carbocycles. The van der Waals surface area contributed by atoms with Crippen LogP contribution in [0.15, 0.2) is 102 Å². The van der Waals surface area contributed by atoms with Gasteiger partial charge in [0.2, 0.25) is 0 Å². The van der Waals surface area contributed by atoms with Crippen molar-refractivity contribution >= 4 is 5.65 Å². The first kappa shape index (κ1) is 19.7. The van der Waals surface area contributed by atoms with Gasteiger partial charge in [-0.25, -0.2) is 9.36 Å². The van der Waals surface area contributed by atoms with Crippen LogP contribution >= 0.6 is 0 Å². The summed E-state index contributed by atoms with van der Waals surface area (Å²) < 4.78 is 2.93. The molecule has 0 atom stereocenters. The molecule has 0 spiro atoms. The smallest absolute Gasteiger partial charge is 0.365 e. The zero-order valence-corrected chi connectivity index (χ0v) is 17.6. The lowest BCUT2D eigenvalue weighted by atomic mass is 10.1. The molecule has 0 unspecified atom stereocenters. The minimum atomic E-state index is -0.393. The van der Waals surface area contributed by atoms with Gasteiger partial charge in [-0.05, 0) is 36.2 Å². The molecule has 2 heterocycles. The third-order valence-corrected chi connectivity index (χ3v) is 5.51. The summed E-state index contributed by atoms with van der Waals surface area (Å²) in [7, 11) is 0. The normalized spacial score (nSPS) is 11.0. The largest absolute Gasteiger partial charge is 0.842 e. The van der Waals surface area contributed by atoms with Crippen molar-refractivity contribution in [3.63, 3.8) is 0 Å². The fourth-order valence-electron chi connectivity index (χ4n) is 3.92. The third-order valence-electron chi connectivity index (χ3n) is 5.51. The Morgan fingerprint density at radius 1 is 0.875 bits per heavy atom. The van der Waals surface area contributed by atoms with Crippen LogP contribution in [0.25, 0.3) is 22.6 Å². The van der Waals surface area contributed by atoms with Gasteiger partial charge in [-0.2, -0.15) is 0 Å². The molecule has 0 N–H and O–H groups in total. The predicted molar refractivity (Wildman–Crippen MR) is 122 cm³/mol. The van der Waals surface area contributed by atoms with Crippen LogP contribution in [-0.2, 0) is 6.42 Å². The maximum absolute atomic E-state index is 13.6. The number of aromatic nitrogens is 3. The molecule has 5 heteroatoms. The van der Waals surface area contributed by atoms with E-state index < -0.39 is 5.56 Å². The van der Waals surface area contributed by atoms with E-state index >= 15 is 0 Å². The highest BCUT2D eigenvalue weighted by Gasteiger charge is 2.22. The maximum Gasteiger partial charge on any atom is 0.365 e. The minimum absolute atomic E-state index is 0.188. The number of fused-ring (bicyclic) bond motifs is 1. The average Bonchev–Trinajstić information content (AvgIpc) is 2.83. The standard InChI is InChI=1S/C27H21N3O2/c1-19-9-8-14-22(17-19)29-25-16-15-24(21-12-6-3-7-13-21)28-30(25)27(32)23(26(29)31)18-20-10-4-2-5-11-20/h2-17H,18H2,1H3. The second-order valence-corrected chi connectivity index (χ2v) is 7.78. The predicted octanol–water partition coefficient (Wildman–Crippen LogP) is 3.61. The lowest BCUT2D eigenvalue weighted by molar-refractivity contribution is -0.632.